The highest BCUT2D eigenvalue weighted by Crippen LogP contribution is 2.11. The van der Waals surface area contributed by atoms with Crippen molar-refractivity contribution < 1.29 is 9.59 Å². The standard InChI is InChI=1S/C18H30N4O2/c1-19-17(23)8-6-4-5-7-13-20-18(24)21-14-15-9-11-16(12-10-15)22(2)3/h9-12H,4-8,13-14H2,1-3H3,(H,19,23)(H2,20,21,24). The van der Waals surface area contributed by atoms with Gasteiger partial charge in [0.25, 0.3) is 0 Å². The average molecular weight is 334 g/mol. The minimum atomic E-state index is -0.142. The van der Waals surface area contributed by atoms with Gasteiger partial charge in [-0.05, 0) is 30.5 Å². The fraction of sp³-hybridized carbons (Fsp3) is 0.556. The van der Waals surface area contributed by atoms with Crippen molar-refractivity contribution in [3.8, 4) is 0 Å². The molecule has 0 aliphatic carbocycles. The normalized spacial score (nSPS) is 10.1. The van der Waals surface area contributed by atoms with Gasteiger partial charge in [0.1, 0.15) is 0 Å². The van der Waals surface area contributed by atoms with Gasteiger partial charge in [0.05, 0.1) is 0 Å². The highest BCUT2D eigenvalue weighted by atomic mass is 16.2. The van der Waals surface area contributed by atoms with Crippen molar-refractivity contribution in [2.24, 2.45) is 0 Å². The number of carbonyl (C=O) groups is 2. The number of nitrogens with one attached hydrogen (secondary N) is 3. The van der Waals surface area contributed by atoms with Crippen molar-refractivity contribution in [1.29, 1.82) is 0 Å². The van der Waals surface area contributed by atoms with Gasteiger partial charge in [0.15, 0.2) is 0 Å². The second-order valence-corrected chi connectivity index (χ2v) is 6.01. The zero-order chi connectivity index (χ0) is 17.8. The van der Waals surface area contributed by atoms with Gasteiger partial charge in [0.2, 0.25) is 5.91 Å². The van der Waals surface area contributed by atoms with Crippen LogP contribution in [0.1, 0.15) is 37.7 Å². The molecule has 0 bridgehead atoms. The predicted molar refractivity (Wildman–Crippen MR) is 98.2 cm³/mol. The summed E-state index contributed by atoms with van der Waals surface area (Å²) in [4.78, 5) is 24.8. The van der Waals surface area contributed by atoms with Crippen LogP contribution >= 0.6 is 0 Å². The SMILES string of the molecule is CNC(=O)CCCCCCNC(=O)NCc1ccc(N(C)C)cc1. The lowest BCUT2D eigenvalue weighted by atomic mass is 10.1. The van der Waals surface area contributed by atoms with Gasteiger partial charge in [-0.1, -0.05) is 25.0 Å². The van der Waals surface area contributed by atoms with E-state index in [1.807, 2.05) is 43.3 Å². The Morgan fingerprint density at radius 3 is 2.25 bits per heavy atom. The summed E-state index contributed by atoms with van der Waals surface area (Å²) in [5.74, 6) is 0.0890. The molecular weight excluding hydrogens is 304 g/mol. The smallest absolute Gasteiger partial charge is 0.315 e. The van der Waals surface area contributed by atoms with Crippen LogP contribution in [0.5, 0.6) is 0 Å². The topological polar surface area (TPSA) is 73.5 Å². The summed E-state index contributed by atoms with van der Waals surface area (Å²) in [6, 6.07) is 7.96. The predicted octanol–water partition coefficient (Wildman–Crippen LogP) is 2.25. The summed E-state index contributed by atoms with van der Waals surface area (Å²) in [5, 5.41) is 8.32. The molecule has 1 aromatic carbocycles. The molecular formula is C18H30N4O2. The van der Waals surface area contributed by atoms with Crippen molar-refractivity contribution >= 4 is 17.6 Å². The van der Waals surface area contributed by atoms with Gasteiger partial charge >= 0.3 is 6.03 Å². The van der Waals surface area contributed by atoms with Crippen molar-refractivity contribution in [3.63, 3.8) is 0 Å². The molecule has 1 aromatic rings. The molecule has 0 saturated heterocycles. The number of urea groups is 1. The molecule has 0 spiro atoms. The maximum absolute atomic E-state index is 11.7. The zero-order valence-corrected chi connectivity index (χ0v) is 15.0. The first kappa shape index (κ1) is 19.8. The number of unbranched alkanes of at least 4 members (excludes halogenated alkanes) is 3. The van der Waals surface area contributed by atoms with E-state index in [4.69, 9.17) is 0 Å². The molecule has 6 nitrogen and oxygen atoms in total. The molecule has 3 amide bonds. The number of hydrogen-bond donors (Lipinski definition) is 3. The van der Waals surface area contributed by atoms with E-state index in [9.17, 15) is 9.59 Å². The van der Waals surface area contributed by atoms with E-state index in [1.165, 1.54) is 0 Å². The van der Waals surface area contributed by atoms with Crippen molar-refractivity contribution in [2.45, 2.75) is 38.6 Å². The molecule has 0 heterocycles. The number of amides is 3. The van der Waals surface area contributed by atoms with E-state index in [0.717, 1.165) is 36.9 Å². The first-order valence-electron chi connectivity index (χ1n) is 8.51. The molecule has 0 aliphatic heterocycles. The molecule has 0 saturated carbocycles. The third kappa shape index (κ3) is 8.41. The largest absolute Gasteiger partial charge is 0.378 e. The third-order valence-corrected chi connectivity index (χ3v) is 3.80. The van der Waals surface area contributed by atoms with Crippen LogP contribution in [-0.2, 0) is 11.3 Å². The van der Waals surface area contributed by atoms with Gasteiger partial charge in [-0.15, -0.1) is 0 Å². The van der Waals surface area contributed by atoms with Gasteiger partial charge in [0, 0.05) is 46.3 Å². The van der Waals surface area contributed by atoms with Crippen LogP contribution in [0.15, 0.2) is 24.3 Å². The van der Waals surface area contributed by atoms with Crippen LogP contribution in [0.25, 0.3) is 0 Å². The number of nitrogens with zero attached hydrogens (tertiary/aromatic N) is 1. The molecule has 0 aromatic heterocycles. The maximum atomic E-state index is 11.7. The number of anilines is 1. The molecule has 0 fully saturated rings. The molecule has 1 rings (SSSR count). The lowest BCUT2D eigenvalue weighted by Crippen LogP contribution is -2.35. The Morgan fingerprint density at radius 1 is 0.958 bits per heavy atom. The van der Waals surface area contributed by atoms with E-state index in [1.54, 1.807) is 7.05 Å². The monoisotopic (exact) mass is 334 g/mol. The maximum Gasteiger partial charge on any atom is 0.315 e. The highest BCUT2D eigenvalue weighted by Gasteiger charge is 2.01. The van der Waals surface area contributed by atoms with Crippen LogP contribution < -0.4 is 20.9 Å². The van der Waals surface area contributed by atoms with Gasteiger partial charge in [-0.25, -0.2) is 4.79 Å². The summed E-state index contributed by atoms with van der Waals surface area (Å²) in [7, 11) is 5.65. The minimum Gasteiger partial charge on any atom is -0.378 e. The molecule has 24 heavy (non-hydrogen) atoms. The Bertz CT molecular complexity index is 500. The Morgan fingerprint density at radius 2 is 1.62 bits per heavy atom. The Hall–Kier alpha value is -2.24. The summed E-state index contributed by atoms with van der Waals surface area (Å²) in [6.07, 6.45) is 4.43. The zero-order valence-electron chi connectivity index (χ0n) is 15.0. The van der Waals surface area contributed by atoms with Gasteiger partial charge in [-0.2, -0.15) is 0 Å². The van der Waals surface area contributed by atoms with Crippen LogP contribution in [-0.4, -0.2) is 39.6 Å². The second kappa shape index (κ2) is 11.3. The Kier molecular flexibility index (Phi) is 9.34. The van der Waals surface area contributed by atoms with E-state index in [-0.39, 0.29) is 11.9 Å². The van der Waals surface area contributed by atoms with Gasteiger partial charge < -0.3 is 20.9 Å². The number of hydrogen-bond acceptors (Lipinski definition) is 3. The summed E-state index contributed by atoms with van der Waals surface area (Å²) >= 11 is 0. The fourth-order valence-electron chi connectivity index (χ4n) is 2.25. The minimum absolute atomic E-state index is 0.0890. The highest BCUT2D eigenvalue weighted by molar-refractivity contribution is 5.75. The van der Waals surface area contributed by atoms with Crippen LogP contribution in [0.4, 0.5) is 10.5 Å². The van der Waals surface area contributed by atoms with Gasteiger partial charge in [-0.3, -0.25) is 4.79 Å². The number of carbonyl (C=O) groups excluding carboxylic acids is 2. The van der Waals surface area contributed by atoms with Crippen LogP contribution in [0.3, 0.4) is 0 Å². The van der Waals surface area contributed by atoms with Crippen molar-refractivity contribution in [1.82, 2.24) is 16.0 Å². The Balaban J connectivity index is 2.07. The van der Waals surface area contributed by atoms with Crippen LogP contribution in [0.2, 0.25) is 0 Å². The van der Waals surface area contributed by atoms with Crippen molar-refractivity contribution in [2.75, 3.05) is 32.6 Å². The van der Waals surface area contributed by atoms with E-state index in [0.29, 0.717) is 19.5 Å². The van der Waals surface area contributed by atoms with E-state index in [2.05, 4.69) is 16.0 Å². The molecule has 0 atom stereocenters. The lowest BCUT2D eigenvalue weighted by Gasteiger charge is -2.13. The van der Waals surface area contributed by atoms with Crippen molar-refractivity contribution in [3.05, 3.63) is 29.8 Å². The fourth-order valence-corrected chi connectivity index (χ4v) is 2.25. The average Bonchev–Trinajstić information content (AvgIpc) is 2.59. The molecule has 0 aliphatic rings. The van der Waals surface area contributed by atoms with Crippen LogP contribution in [0, 0.1) is 0 Å². The summed E-state index contributed by atoms with van der Waals surface area (Å²) in [5.41, 5.74) is 2.21. The lowest BCUT2D eigenvalue weighted by molar-refractivity contribution is -0.120. The van der Waals surface area contributed by atoms with E-state index >= 15 is 0 Å². The first-order chi connectivity index (χ1) is 11.5. The Labute approximate surface area is 145 Å². The first-order valence-corrected chi connectivity index (χ1v) is 8.51. The molecule has 0 radical (unpaired) electrons. The summed E-state index contributed by atoms with van der Waals surface area (Å²) < 4.78 is 0. The van der Waals surface area contributed by atoms with E-state index < -0.39 is 0 Å². The molecule has 6 heteroatoms. The summed E-state index contributed by atoms with van der Waals surface area (Å²) in [6.45, 7) is 1.18. The molecule has 0 unspecified atom stereocenters. The quantitative estimate of drug-likeness (QED) is 0.575. The molecule has 134 valence electrons. The molecule has 3 N–H and O–H groups in total. The number of rotatable bonds is 10. The number of benzene rings is 1. The third-order valence-electron chi connectivity index (χ3n) is 3.80. The second-order valence-electron chi connectivity index (χ2n) is 6.01.